The predicted octanol–water partition coefficient (Wildman–Crippen LogP) is 3.61. The number of primary sulfonamides is 1. The van der Waals surface area contributed by atoms with Crippen LogP contribution in [0.2, 0.25) is 0 Å². The molecule has 0 saturated carbocycles. The smallest absolute Gasteiger partial charge is 0.238 e. The normalized spacial score (nSPS) is 11.9. The van der Waals surface area contributed by atoms with Gasteiger partial charge in [0.15, 0.2) is 5.69 Å². The number of H-pyrrole nitrogens is 1. The molecule has 8 nitrogen and oxygen atoms in total. The largest absolute Gasteiger partial charge is 0.493 e. The first-order valence-corrected chi connectivity index (χ1v) is 10.1. The fourth-order valence-corrected chi connectivity index (χ4v) is 3.44. The van der Waals surface area contributed by atoms with Crippen LogP contribution >= 0.6 is 34.8 Å². The van der Waals surface area contributed by atoms with Crippen LogP contribution in [0.25, 0.3) is 10.9 Å². The minimum Gasteiger partial charge on any atom is -0.493 e. The lowest BCUT2D eigenvalue weighted by Crippen LogP contribution is -2.13. The van der Waals surface area contributed by atoms with E-state index >= 15 is 0 Å². The minimum atomic E-state index is -3.82. The highest BCUT2D eigenvalue weighted by Gasteiger charge is 2.11. The summed E-state index contributed by atoms with van der Waals surface area (Å²) in [6.45, 7) is 0. The summed E-state index contributed by atoms with van der Waals surface area (Å²) in [7, 11) is -3.82. The maximum atomic E-state index is 11.4. The Kier molecular flexibility index (Phi) is 5.22. The molecule has 3 rings (SSSR count). The highest BCUT2D eigenvalue weighted by Crippen LogP contribution is 2.36. The Morgan fingerprint density at radius 2 is 2.04 bits per heavy atom. The van der Waals surface area contributed by atoms with Crippen LogP contribution in [-0.4, -0.2) is 23.6 Å². The molecule has 5 N–H and O–H groups in total. The van der Waals surface area contributed by atoms with Crippen LogP contribution in [0.15, 0.2) is 57.6 Å². The summed E-state index contributed by atoms with van der Waals surface area (Å²) in [6.07, 6.45) is 0. The van der Waals surface area contributed by atoms with Gasteiger partial charge in [0.2, 0.25) is 21.0 Å². The molecule has 0 aliphatic rings. The average Bonchev–Trinajstić information content (AvgIpc) is 2.87. The Morgan fingerprint density at radius 1 is 1.27 bits per heavy atom. The quantitative estimate of drug-likeness (QED) is 0.247. The molecule has 26 heavy (non-hydrogen) atoms. The minimum absolute atomic E-state index is 0.00375. The monoisotopic (exact) mass is 501 g/mol. The van der Waals surface area contributed by atoms with Gasteiger partial charge in [0.05, 0.1) is 10.4 Å². The summed E-state index contributed by atoms with van der Waals surface area (Å²) in [5.74, 6) is -0.121. The van der Waals surface area contributed by atoms with Crippen LogP contribution in [0.1, 0.15) is 0 Å². The number of halogens is 1. The standard InChI is InChI=1S/C15H12IN5O3S2/c16-8-4-5-12-11(6-8)13(14(22)19-12)20-21-15(25)18-9-2-1-3-10(7-9)26(17,23)24/h1-7,19,22H,(H,18,25)(H2,17,23,24). The third-order valence-corrected chi connectivity index (χ3v) is 5.13. The third kappa shape index (κ3) is 4.17. The number of anilines is 1. The molecule has 11 heteroatoms. The Hall–Kier alpha value is -2.09. The predicted molar refractivity (Wildman–Crippen MR) is 111 cm³/mol. The van der Waals surface area contributed by atoms with Gasteiger partial charge in [-0.2, -0.15) is 0 Å². The van der Waals surface area contributed by atoms with E-state index < -0.39 is 10.0 Å². The maximum Gasteiger partial charge on any atom is 0.238 e. The maximum absolute atomic E-state index is 11.4. The van der Waals surface area contributed by atoms with Crippen molar-refractivity contribution in [3.8, 4) is 5.88 Å². The van der Waals surface area contributed by atoms with Crippen LogP contribution in [0.4, 0.5) is 11.4 Å². The van der Waals surface area contributed by atoms with E-state index in [9.17, 15) is 13.5 Å². The number of nitrogens with zero attached hydrogens (tertiary/aromatic N) is 2. The molecule has 0 spiro atoms. The van der Waals surface area contributed by atoms with Crippen LogP contribution in [-0.2, 0) is 10.0 Å². The molecule has 1 heterocycles. The summed E-state index contributed by atoms with van der Waals surface area (Å²) >= 11 is 7.25. The number of aromatic nitrogens is 1. The second-order valence-corrected chi connectivity index (χ2v) is 8.41. The van der Waals surface area contributed by atoms with Crippen LogP contribution < -0.4 is 10.5 Å². The number of sulfonamides is 1. The molecule has 0 amide bonds. The van der Waals surface area contributed by atoms with Gasteiger partial charge in [-0.15, -0.1) is 10.2 Å². The number of aromatic hydroxyl groups is 1. The Balaban J connectivity index is 1.83. The van der Waals surface area contributed by atoms with Gasteiger partial charge >= 0.3 is 0 Å². The number of nitrogens with two attached hydrogens (primary N) is 1. The molecule has 1 aromatic heterocycles. The number of nitrogens with one attached hydrogen (secondary N) is 2. The number of benzene rings is 2. The first-order chi connectivity index (χ1) is 12.2. The Morgan fingerprint density at radius 3 is 2.77 bits per heavy atom. The Labute approximate surface area is 167 Å². The molecule has 2 aromatic carbocycles. The fourth-order valence-electron chi connectivity index (χ4n) is 2.23. The lowest BCUT2D eigenvalue weighted by atomic mass is 10.2. The van der Waals surface area contributed by atoms with Crippen LogP contribution in [0, 0.1) is 3.57 Å². The van der Waals surface area contributed by atoms with E-state index in [1.165, 1.54) is 18.2 Å². The van der Waals surface area contributed by atoms with E-state index in [1.807, 2.05) is 18.2 Å². The molecule has 3 aromatic rings. The zero-order valence-corrected chi connectivity index (χ0v) is 16.8. The van der Waals surface area contributed by atoms with Gasteiger partial charge in [-0.05, 0) is 71.2 Å². The van der Waals surface area contributed by atoms with Crippen molar-refractivity contribution in [3.05, 3.63) is 46.0 Å². The molecule has 0 unspecified atom stereocenters. The fraction of sp³-hybridized carbons (Fsp3) is 0. The van der Waals surface area contributed by atoms with Crippen molar-refractivity contribution in [2.24, 2.45) is 15.4 Å². The van der Waals surface area contributed by atoms with Crippen molar-refractivity contribution in [1.29, 1.82) is 0 Å². The lowest BCUT2D eigenvalue weighted by molar-refractivity contribution is 0.459. The average molecular weight is 501 g/mol. The topological polar surface area (TPSA) is 133 Å². The molecule has 0 aliphatic carbocycles. The second kappa shape index (κ2) is 7.26. The molecule has 134 valence electrons. The van der Waals surface area contributed by atoms with Crippen molar-refractivity contribution < 1.29 is 13.5 Å². The summed E-state index contributed by atoms with van der Waals surface area (Å²) in [5.41, 5.74) is 1.38. The molecule has 0 saturated heterocycles. The molecule has 0 aliphatic heterocycles. The van der Waals surface area contributed by atoms with Gasteiger partial charge in [0, 0.05) is 14.6 Å². The van der Waals surface area contributed by atoms with Gasteiger partial charge < -0.3 is 15.4 Å². The molecular weight excluding hydrogens is 489 g/mol. The number of hydrogen-bond donors (Lipinski definition) is 4. The van der Waals surface area contributed by atoms with E-state index in [4.69, 9.17) is 17.4 Å². The first-order valence-electron chi connectivity index (χ1n) is 7.10. The van der Waals surface area contributed by atoms with E-state index in [0.717, 1.165) is 9.09 Å². The van der Waals surface area contributed by atoms with E-state index in [0.29, 0.717) is 11.1 Å². The zero-order valence-electron chi connectivity index (χ0n) is 13.0. The van der Waals surface area contributed by atoms with E-state index in [1.54, 1.807) is 6.07 Å². The zero-order chi connectivity index (χ0) is 18.9. The van der Waals surface area contributed by atoms with Crippen LogP contribution in [0.3, 0.4) is 0 Å². The van der Waals surface area contributed by atoms with Crippen LogP contribution in [0.5, 0.6) is 5.88 Å². The summed E-state index contributed by atoms with van der Waals surface area (Å²) in [4.78, 5) is 2.76. The highest BCUT2D eigenvalue weighted by atomic mass is 127. The summed E-state index contributed by atoms with van der Waals surface area (Å²) in [6, 6.07) is 11.4. The lowest BCUT2D eigenvalue weighted by Gasteiger charge is -2.05. The number of rotatable bonds is 3. The van der Waals surface area contributed by atoms with Crippen molar-refractivity contribution in [3.63, 3.8) is 0 Å². The molecule has 0 fully saturated rings. The second-order valence-electron chi connectivity index (χ2n) is 5.22. The highest BCUT2D eigenvalue weighted by molar-refractivity contribution is 14.1. The van der Waals surface area contributed by atoms with Crippen molar-refractivity contribution in [2.75, 3.05) is 5.32 Å². The Bertz CT molecular complexity index is 1140. The molecule has 0 radical (unpaired) electrons. The molecule has 0 bridgehead atoms. The van der Waals surface area contributed by atoms with Crippen molar-refractivity contribution >= 4 is 72.2 Å². The van der Waals surface area contributed by atoms with Gasteiger partial charge in [-0.3, -0.25) is 0 Å². The van der Waals surface area contributed by atoms with Gasteiger partial charge in [0.1, 0.15) is 0 Å². The number of aromatic amines is 1. The first kappa shape index (κ1) is 18.7. The van der Waals surface area contributed by atoms with Gasteiger partial charge in [-0.25, -0.2) is 13.6 Å². The third-order valence-electron chi connectivity index (χ3n) is 3.37. The molecule has 0 atom stereocenters. The van der Waals surface area contributed by atoms with E-state index in [2.05, 4.69) is 43.1 Å². The van der Waals surface area contributed by atoms with Gasteiger partial charge in [-0.1, -0.05) is 6.07 Å². The molecular formula is C15H12IN5O3S2. The van der Waals surface area contributed by atoms with Crippen molar-refractivity contribution in [2.45, 2.75) is 4.90 Å². The van der Waals surface area contributed by atoms with Gasteiger partial charge in [0.25, 0.3) is 0 Å². The van der Waals surface area contributed by atoms with Crippen molar-refractivity contribution in [1.82, 2.24) is 4.98 Å². The number of thiocarbonyl (C=S) groups is 1. The van der Waals surface area contributed by atoms with E-state index in [-0.39, 0.29) is 21.6 Å². The summed E-state index contributed by atoms with van der Waals surface area (Å²) < 4.78 is 23.7. The SMILES string of the molecule is NS(=O)(=O)c1cccc(NC(=S)N=Nc2c(O)[nH]c3ccc(I)cc23)c1. The summed E-state index contributed by atoms with van der Waals surface area (Å²) in [5, 5.41) is 26.4. The number of fused-ring (bicyclic) bond motifs is 1. The number of azo groups is 1. The number of hydrogen-bond acceptors (Lipinski definition) is 5.